The Balaban J connectivity index is 0.00000218. The molecule has 3 aromatic heterocycles. The number of nitrogens with one attached hydrogen (secondary N) is 1. The number of H-pyrrole nitrogens is 1. The second-order valence-corrected chi connectivity index (χ2v) is 6.95. The Morgan fingerprint density at radius 1 is 1.10 bits per heavy atom. The average molecular weight is 452 g/mol. The summed E-state index contributed by atoms with van der Waals surface area (Å²) in [6.45, 7) is 5.12. The van der Waals surface area contributed by atoms with Crippen molar-refractivity contribution in [3.63, 3.8) is 0 Å². The quantitative estimate of drug-likeness (QED) is 0.315. The minimum absolute atomic E-state index is 0. The summed E-state index contributed by atoms with van der Waals surface area (Å²) in [5.74, 6) is -0.566. The molecule has 0 saturated heterocycles. The van der Waals surface area contributed by atoms with Crippen LogP contribution in [-0.4, -0.2) is 35.8 Å². The van der Waals surface area contributed by atoms with Crippen molar-refractivity contribution < 1.29 is 36.8 Å². The number of aromatic amines is 1. The standard InChI is InChI=1S/C20H16N6O3.Cu/c1-9-13(19-21-11(3)24-26(19)23-9)15-17(27)16(18(15)28)14-10(2)22-25(20(14)29)12-7-5-4-6-8-12;/h4-8H,1-3H3,(H2,21,22,23,24,27,28,29);. The number of hydrogen-bond donors (Lipinski definition) is 2. The largest absolute Gasteiger partial charge is 0.871 e. The number of Topliss-reactive ketones (excluding diaryl/α,β-unsaturated/α-hetero) is 1. The van der Waals surface area contributed by atoms with E-state index in [4.69, 9.17) is 0 Å². The van der Waals surface area contributed by atoms with E-state index in [1.807, 2.05) is 18.2 Å². The molecule has 0 fully saturated rings. The molecule has 0 bridgehead atoms. The van der Waals surface area contributed by atoms with Crippen molar-refractivity contribution in [1.29, 1.82) is 0 Å². The van der Waals surface area contributed by atoms with E-state index in [0.29, 0.717) is 33.8 Å². The van der Waals surface area contributed by atoms with E-state index in [1.165, 1.54) is 9.31 Å². The van der Waals surface area contributed by atoms with E-state index in [1.54, 1.807) is 32.9 Å². The van der Waals surface area contributed by atoms with Crippen molar-refractivity contribution in [2.75, 3.05) is 0 Å². The fourth-order valence-electron chi connectivity index (χ4n) is 3.74. The number of carbonyl (C=O) groups is 1. The van der Waals surface area contributed by atoms with E-state index >= 15 is 0 Å². The van der Waals surface area contributed by atoms with Crippen LogP contribution in [0.15, 0.2) is 36.1 Å². The summed E-state index contributed by atoms with van der Waals surface area (Å²) in [6, 6.07) is 9.11. The van der Waals surface area contributed by atoms with Crippen LogP contribution >= 0.6 is 0 Å². The molecule has 1 aliphatic carbocycles. The van der Waals surface area contributed by atoms with Crippen molar-refractivity contribution >= 4 is 22.6 Å². The first kappa shape index (κ1) is 19.8. The van der Waals surface area contributed by atoms with Gasteiger partial charge in [0.15, 0.2) is 11.4 Å². The summed E-state index contributed by atoms with van der Waals surface area (Å²) in [6.07, 6.45) is 0. The minimum atomic E-state index is -0.439. The zero-order valence-corrected chi connectivity index (χ0v) is 17.1. The SMILES string of the molecule is Cc1nc2/c(=C3\C(=O)C(c4c(C)[nH][n+](-c5ccccc5)c4O)=C3[O-])c(C)nn2n1.[Cu]. The van der Waals surface area contributed by atoms with Crippen LogP contribution in [0, 0.1) is 20.8 Å². The Morgan fingerprint density at radius 3 is 2.47 bits per heavy atom. The summed E-state index contributed by atoms with van der Waals surface area (Å²) < 4.78 is 2.76. The van der Waals surface area contributed by atoms with Gasteiger partial charge in [0.2, 0.25) is 5.69 Å². The topological polar surface area (TPSA) is 123 Å². The molecule has 10 heteroatoms. The number of allylic oxidation sites excluding steroid dienone is 2. The number of fused-ring (bicyclic) bond motifs is 1. The zero-order valence-electron chi connectivity index (χ0n) is 16.2. The van der Waals surface area contributed by atoms with E-state index < -0.39 is 11.5 Å². The molecular weight excluding hydrogens is 436 g/mol. The number of aromatic nitrogens is 6. The maximum absolute atomic E-state index is 13.0. The Morgan fingerprint density at radius 2 is 1.80 bits per heavy atom. The Hall–Kier alpha value is -3.49. The third kappa shape index (κ3) is 2.58. The van der Waals surface area contributed by atoms with E-state index in [2.05, 4.69) is 20.3 Å². The molecule has 0 aliphatic heterocycles. The van der Waals surface area contributed by atoms with E-state index in [9.17, 15) is 15.0 Å². The Kier molecular flexibility index (Phi) is 4.48. The van der Waals surface area contributed by atoms with Gasteiger partial charge in [-0.25, -0.2) is 4.98 Å². The Labute approximate surface area is 180 Å². The normalized spacial score (nSPS) is 15.5. The van der Waals surface area contributed by atoms with Gasteiger partial charge in [-0.15, -0.1) is 9.73 Å². The maximum Gasteiger partial charge on any atom is 0.405 e. The van der Waals surface area contributed by atoms with Crippen LogP contribution in [0.2, 0.25) is 0 Å². The smallest absolute Gasteiger partial charge is 0.405 e. The van der Waals surface area contributed by atoms with Crippen LogP contribution in [0.3, 0.4) is 0 Å². The second kappa shape index (κ2) is 6.79. The third-order valence-electron chi connectivity index (χ3n) is 5.04. The number of aromatic hydroxyl groups is 1. The number of benzene rings is 1. The van der Waals surface area contributed by atoms with Gasteiger partial charge in [-0.3, -0.25) is 4.79 Å². The van der Waals surface area contributed by atoms with Crippen LogP contribution in [0.25, 0.3) is 22.5 Å². The molecule has 1 radical (unpaired) electrons. The van der Waals surface area contributed by atoms with Crippen molar-refractivity contribution in [2.45, 2.75) is 20.8 Å². The first-order valence-electron chi connectivity index (χ1n) is 8.98. The molecule has 0 amide bonds. The van der Waals surface area contributed by atoms with Gasteiger partial charge in [0, 0.05) is 40.3 Å². The molecule has 0 atom stereocenters. The van der Waals surface area contributed by atoms with Crippen LogP contribution < -0.4 is 15.0 Å². The number of aryl methyl sites for hydroxylation is 3. The van der Waals surface area contributed by atoms with Gasteiger partial charge in [0.05, 0.1) is 16.6 Å². The average Bonchev–Trinajstić information content (AvgIpc) is 3.29. The van der Waals surface area contributed by atoms with Gasteiger partial charge in [-0.1, -0.05) is 24.0 Å². The van der Waals surface area contributed by atoms with Crippen molar-refractivity contribution in [3.8, 4) is 11.6 Å². The summed E-state index contributed by atoms with van der Waals surface area (Å²) in [5, 5.41) is 35.5. The molecule has 0 spiro atoms. The van der Waals surface area contributed by atoms with Crippen molar-refractivity contribution in [3.05, 3.63) is 64.1 Å². The summed E-state index contributed by atoms with van der Waals surface area (Å²) in [7, 11) is 0. The first-order chi connectivity index (χ1) is 13.9. The number of nitrogens with zero attached hydrogens (tertiary/aromatic N) is 5. The first-order valence-corrected chi connectivity index (χ1v) is 8.98. The third-order valence-corrected chi connectivity index (χ3v) is 5.04. The van der Waals surface area contributed by atoms with Gasteiger partial charge < -0.3 is 10.2 Å². The van der Waals surface area contributed by atoms with Gasteiger partial charge >= 0.3 is 5.88 Å². The molecule has 30 heavy (non-hydrogen) atoms. The van der Waals surface area contributed by atoms with Crippen LogP contribution in [-0.2, 0) is 21.9 Å². The molecule has 1 aromatic carbocycles. The van der Waals surface area contributed by atoms with Crippen molar-refractivity contribution in [2.24, 2.45) is 0 Å². The predicted molar refractivity (Wildman–Crippen MR) is 99.5 cm³/mol. The van der Waals surface area contributed by atoms with Gasteiger partial charge in [-0.2, -0.15) is 10.2 Å². The minimum Gasteiger partial charge on any atom is -0.871 e. The Bertz CT molecular complexity index is 1420. The fourth-order valence-corrected chi connectivity index (χ4v) is 3.74. The summed E-state index contributed by atoms with van der Waals surface area (Å²) in [5.41, 5.74) is 2.27. The van der Waals surface area contributed by atoms with E-state index in [-0.39, 0.29) is 39.7 Å². The molecule has 3 heterocycles. The van der Waals surface area contributed by atoms with Gasteiger partial charge in [0.25, 0.3) is 0 Å². The monoisotopic (exact) mass is 451 g/mol. The number of rotatable bonds is 2. The number of hydrogen-bond acceptors (Lipinski definition) is 6. The summed E-state index contributed by atoms with van der Waals surface area (Å²) >= 11 is 0. The number of carbonyl (C=O) groups excluding carboxylic acids is 1. The van der Waals surface area contributed by atoms with Gasteiger partial charge in [0.1, 0.15) is 11.4 Å². The molecule has 0 unspecified atom stereocenters. The molecular formula is C20H16CuN6O3. The van der Waals surface area contributed by atoms with Gasteiger partial charge in [-0.05, 0) is 25.5 Å². The molecule has 9 nitrogen and oxygen atoms in total. The maximum atomic E-state index is 13.0. The predicted octanol–water partition coefficient (Wildman–Crippen LogP) is -0.419. The molecule has 1 aliphatic rings. The molecule has 155 valence electrons. The van der Waals surface area contributed by atoms with Crippen LogP contribution in [0.4, 0.5) is 0 Å². The molecule has 5 rings (SSSR count). The zero-order chi connectivity index (χ0) is 20.4. The molecule has 2 N–H and O–H groups in total. The van der Waals surface area contributed by atoms with Crippen LogP contribution in [0.1, 0.15) is 22.8 Å². The van der Waals surface area contributed by atoms with Crippen LogP contribution in [0.5, 0.6) is 5.88 Å². The fraction of sp³-hybridized carbons (Fsp3) is 0.150. The van der Waals surface area contributed by atoms with E-state index in [0.717, 1.165) is 0 Å². The number of para-hydroxylation sites is 1. The molecule has 4 aromatic rings. The summed E-state index contributed by atoms with van der Waals surface area (Å²) in [4.78, 5) is 17.3. The molecule has 0 saturated carbocycles. The van der Waals surface area contributed by atoms with Crippen molar-refractivity contribution in [1.82, 2.24) is 24.9 Å². The number of ketones is 1. The second-order valence-electron chi connectivity index (χ2n) is 6.95.